The SMILES string of the molecule is O=C(c1csc(CSc2nnc(-c3ccncc3)n2-c2ccccc2Cl)n1)N1CCN(Cc2ccccc2)CC1. The van der Waals surface area contributed by atoms with E-state index in [1.807, 2.05) is 57.3 Å². The fourth-order valence-corrected chi connectivity index (χ4v) is 6.57. The van der Waals surface area contributed by atoms with E-state index < -0.39 is 0 Å². The number of thiazole rings is 1. The number of carbonyl (C=O) groups excluding carboxylic acids is 1. The minimum Gasteiger partial charge on any atom is -0.335 e. The van der Waals surface area contributed by atoms with Crippen LogP contribution in [-0.4, -0.2) is 66.6 Å². The molecule has 40 heavy (non-hydrogen) atoms. The van der Waals surface area contributed by atoms with E-state index >= 15 is 0 Å². The number of piperazine rings is 1. The Morgan fingerprint density at radius 2 is 1.68 bits per heavy atom. The molecule has 0 aliphatic carbocycles. The Bertz CT molecular complexity index is 1580. The number of nitrogens with zero attached hydrogens (tertiary/aromatic N) is 7. The van der Waals surface area contributed by atoms with Crippen LogP contribution < -0.4 is 0 Å². The molecule has 1 saturated heterocycles. The average molecular weight is 588 g/mol. The van der Waals surface area contributed by atoms with Gasteiger partial charge in [-0.2, -0.15) is 0 Å². The van der Waals surface area contributed by atoms with Crippen LogP contribution in [0.2, 0.25) is 5.02 Å². The number of halogens is 1. The highest BCUT2D eigenvalue weighted by atomic mass is 35.5. The highest BCUT2D eigenvalue weighted by Crippen LogP contribution is 2.33. The third-order valence-electron chi connectivity index (χ3n) is 6.67. The predicted octanol–water partition coefficient (Wildman–Crippen LogP) is 5.69. The predicted molar refractivity (Wildman–Crippen MR) is 159 cm³/mol. The van der Waals surface area contributed by atoms with Crippen LogP contribution in [0.15, 0.2) is 89.7 Å². The maximum atomic E-state index is 13.2. The number of thioether (sulfide) groups is 1. The summed E-state index contributed by atoms with van der Waals surface area (Å²) in [5.41, 5.74) is 3.48. The molecule has 1 aliphatic rings. The quantitative estimate of drug-likeness (QED) is 0.216. The van der Waals surface area contributed by atoms with Crippen LogP contribution in [0, 0.1) is 0 Å². The zero-order chi connectivity index (χ0) is 27.3. The molecule has 0 bridgehead atoms. The van der Waals surface area contributed by atoms with Crippen LogP contribution in [-0.2, 0) is 12.3 Å². The van der Waals surface area contributed by atoms with Crippen molar-refractivity contribution in [2.24, 2.45) is 0 Å². The van der Waals surface area contributed by atoms with Gasteiger partial charge in [-0.25, -0.2) is 4.98 Å². The van der Waals surface area contributed by atoms with Crippen LogP contribution in [0.5, 0.6) is 0 Å². The Kier molecular flexibility index (Phi) is 8.19. The van der Waals surface area contributed by atoms with Crippen molar-refractivity contribution >= 4 is 40.6 Å². The molecule has 3 aromatic heterocycles. The molecule has 0 atom stereocenters. The van der Waals surface area contributed by atoms with Crippen molar-refractivity contribution in [3.8, 4) is 17.1 Å². The fourth-order valence-electron chi connectivity index (χ4n) is 4.62. The number of pyridine rings is 1. The first kappa shape index (κ1) is 26.6. The van der Waals surface area contributed by atoms with Crippen LogP contribution in [0.1, 0.15) is 21.1 Å². The highest BCUT2D eigenvalue weighted by molar-refractivity contribution is 7.98. The Hall–Kier alpha value is -3.57. The van der Waals surface area contributed by atoms with E-state index in [1.54, 1.807) is 12.4 Å². The molecule has 1 amide bonds. The van der Waals surface area contributed by atoms with Gasteiger partial charge in [0.15, 0.2) is 11.0 Å². The van der Waals surface area contributed by atoms with Gasteiger partial charge in [0.05, 0.1) is 16.5 Å². The van der Waals surface area contributed by atoms with Gasteiger partial charge in [-0.1, -0.05) is 65.8 Å². The Morgan fingerprint density at radius 3 is 2.45 bits per heavy atom. The molecular formula is C29H26ClN7OS2. The average Bonchev–Trinajstić information content (AvgIpc) is 3.65. The minimum atomic E-state index is -0.00827. The van der Waals surface area contributed by atoms with Crippen molar-refractivity contribution in [2.75, 3.05) is 26.2 Å². The Morgan fingerprint density at radius 1 is 0.925 bits per heavy atom. The number of rotatable bonds is 8. The van der Waals surface area contributed by atoms with Crippen LogP contribution in [0.3, 0.4) is 0 Å². The summed E-state index contributed by atoms with van der Waals surface area (Å²) in [6, 6.07) is 21.9. The molecule has 2 aromatic carbocycles. The van der Waals surface area contributed by atoms with Crippen molar-refractivity contribution in [3.05, 3.63) is 106 Å². The molecule has 11 heteroatoms. The van der Waals surface area contributed by atoms with Gasteiger partial charge in [0.25, 0.3) is 5.91 Å². The summed E-state index contributed by atoms with van der Waals surface area (Å²) in [6.45, 7) is 4.01. The van der Waals surface area contributed by atoms with E-state index in [-0.39, 0.29) is 5.91 Å². The summed E-state index contributed by atoms with van der Waals surface area (Å²) in [4.78, 5) is 26.3. The molecule has 1 aliphatic heterocycles. The number of benzene rings is 2. The fraction of sp³-hybridized carbons (Fsp3) is 0.207. The number of carbonyl (C=O) groups is 1. The number of aromatic nitrogens is 5. The van der Waals surface area contributed by atoms with Gasteiger partial charge < -0.3 is 4.90 Å². The van der Waals surface area contributed by atoms with E-state index in [4.69, 9.17) is 11.6 Å². The second-order valence-corrected chi connectivity index (χ2v) is 11.6. The molecule has 0 saturated carbocycles. The van der Waals surface area contributed by atoms with Crippen LogP contribution in [0.4, 0.5) is 0 Å². The highest BCUT2D eigenvalue weighted by Gasteiger charge is 2.24. The number of hydrogen-bond acceptors (Lipinski definition) is 8. The summed E-state index contributed by atoms with van der Waals surface area (Å²) >= 11 is 9.57. The topological polar surface area (TPSA) is 80.0 Å². The summed E-state index contributed by atoms with van der Waals surface area (Å²) < 4.78 is 1.96. The van der Waals surface area contributed by atoms with Crippen LogP contribution >= 0.6 is 34.7 Å². The Balaban J connectivity index is 1.12. The third-order valence-corrected chi connectivity index (χ3v) is 8.96. The first-order valence-corrected chi connectivity index (χ1v) is 15.1. The van der Waals surface area contributed by atoms with E-state index in [9.17, 15) is 4.79 Å². The van der Waals surface area contributed by atoms with Gasteiger partial charge >= 0.3 is 0 Å². The second kappa shape index (κ2) is 12.3. The molecule has 0 radical (unpaired) electrons. The summed E-state index contributed by atoms with van der Waals surface area (Å²) in [7, 11) is 0. The van der Waals surface area contributed by atoms with E-state index in [1.165, 1.54) is 28.7 Å². The lowest BCUT2D eigenvalue weighted by atomic mass is 10.2. The van der Waals surface area contributed by atoms with Crippen LogP contribution in [0.25, 0.3) is 17.1 Å². The molecule has 0 unspecified atom stereocenters. The number of hydrogen-bond donors (Lipinski definition) is 0. The zero-order valence-corrected chi connectivity index (χ0v) is 23.9. The number of amides is 1. The largest absolute Gasteiger partial charge is 0.335 e. The van der Waals surface area contributed by atoms with Crippen molar-refractivity contribution < 1.29 is 4.79 Å². The summed E-state index contributed by atoms with van der Waals surface area (Å²) in [5, 5.41) is 12.9. The summed E-state index contributed by atoms with van der Waals surface area (Å²) in [5.74, 6) is 1.23. The maximum Gasteiger partial charge on any atom is 0.273 e. The maximum absolute atomic E-state index is 13.2. The van der Waals surface area contributed by atoms with Gasteiger partial charge in [0.1, 0.15) is 10.7 Å². The lowest BCUT2D eigenvalue weighted by Crippen LogP contribution is -2.48. The summed E-state index contributed by atoms with van der Waals surface area (Å²) in [6.07, 6.45) is 3.45. The lowest BCUT2D eigenvalue weighted by molar-refractivity contribution is 0.0623. The van der Waals surface area contributed by atoms with Gasteiger partial charge in [0.2, 0.25) is 0 Å². The molecule has 0 spiro atoms. The van der Waals surface area contributed by atoms with Gasteiger partial charge in [-0.15, -0.1) is 21.5 Å². The zero-order valence-electron chi connectivity index (χ0n) is 21.6. The standard InChI is InChI=1S/C29H26ClN7OS2/c30-23-8-4-5-9-25(23)37-27(22-10-12-31-13-11-22)33-34-29(37)40-20-26-32-24(19-39-26)28(38)36-16-14-35(15-17-36)18-21-6-2-1-3-7-21/h1-13,19H,14-18,20H2. The second-order valence-electron chi connectivity index (χ2n) is 9.30. The molecule has 5 aromatic rings. The van der Waals surface area contributed by atoms with Gasteiger partial charge in [-0.05, 0) is 29.8 Å². The van der Waals surface area contributed by atoms with Gasteiger partial charge in [-0.3, -0.25) is 19.2 Å². The smallest absolute Gasteiger partial charge is 0.273 e. The molecule has 8 nitrogen and oxygen atoms in total. The molecule has 6 rings (SSSR count). The lowest BCUT2D eigenvalue weighted by Gasteiger charge is -2.34. The minimum absolute atomic E-state index is 0.00827. The monoisotopic (exact) mass is 587 g/mol. The third kappa shape index (κ3) is 5.95. The van der Waals surface area contributed by atoms with Crippen molar-refractivity contribution in [2.45, 2.75) is 17.5 Å². The molecular weight excluding hydrogens is 562 g/mol. The van der Waals surface area contributed by atoms with Crippen molar-refractivity contribution in [1.29, 1.82) is 0 Å². The van der Waals surface area contributed by atoms with E-state index in [0.717, 1.165) is 35.9 Å². The molecule has 1 fully saturated rings. The van der Waals surface area contributed by atoms with Crippen molar-refractivity contribution in [1.82, 2.24) is 34.5 Å². The molecule has 0 N–H and O–H groups in total. The van der Waals surface area contributed by atoms with E-state index in [2.05, 4.69) is 49.3 Å². The first-order chi connectivity index (χ1) is 19.7. The molecule has 202 valence electrons. The number of para-hydroxylation sites is 1. The van der Waals surface area contributed by atoms with Gasteiger partial charge in [0, 0.05) is 56.1 Å². The van der Waals surface area contributed by atoms with E-state index in [0.29, 0.717) is 40.5 Å². The molecule has 4 heterocycles. The Labute approximate surface area is 245 Å². The normalized spacial score (nSPS) is 14.0. The van der Waals surface area contributed by atoms with Crippen molar-refractivity contribution in [3.63, 3.8) is 0 Å². The first-order valence-electron chi connectivity index (χ1n) is 12.9.